The zero-order chi connectivity index (χ0) is 13.1. The highest BCUT2D eigenvalue weighted by Gasteiger charge is 2.23. The number of hydrogen-bond donors (Lipinski definition) is 0. The van der Waals surface area contributed by atoms with Crippen LogP contribution in [0.15, 0.2) is 18.2 Å². The molecule has 0 radical (unpaired) electrons. The first-order chi connectivity index (χ1) is 8.63. The molecule has 0 N–H and O–H groups in total. The van der Waals surface area contributed by atoms with Gasteiger partial charge in [0.15, 0.2) is 0 Å². The Balaban J connectivity index is 2.24. The molecule has 1 aliphatic rings. The molecule has 2 rings (SSSR count). The zero-order valence-corrected chi connectivity index (χ0v) is 11.1. The number of carbonyl (C=O) groups excluding carboxylic acids is 1. The lowest BCUT2D eigenvalue weighted by molar-refractivity contribution is 0.0697. The summed E-state index contributed by atoms with van der Waals surface area (Å²) in [6.07, 6.45) is 7.69. The molecule has 1 heterocycles. The normalized spacial score (nSPS) is 16.4. The largest absolute Gasteiger partial charge is 0.339 e. The van der Waals surface area contributed by atoms with Crippen molar-refractivity contribution in [3.63, 3.8) is 0 Å². The van der Waals surface area contributed by atoms with Gasteiger partial charge in [-0.25, -0.2) is 0 Å². The first kappa shape index (κ1) is 12.7. The van der Waals surface area contributed by atoms with Crippen LogP contribution in [0.4, 0.5) is 0 Å². The van der Waals surface area contributed by atoms with Crippen LogP contribution in [0.1, 0.15) is 41.3 Å². The maximum atomic E-state index is 12.5. The van der Waals surface area contributed by atoms with Crippen molar-refractivity contribution in [1.82, 2.24) is 4.90 Å². The summed E-state index contributed by atoms with van der Waals surface area (Å²) in [4.78, 5) is 14.4. The molecule has 0 bridgehead atoms. The number of terminal acetylenes is 1. The van der Waals surface area contributed by atoms with E-state index in [2.05, 4.69) is 12.8 Å². The van der Waals surface area contributed by atoms with Gasteiger partial charge in [-0.1, -0.05) is 25.0 Å². The summed E-state index contributed by atoms with van der Waals surface area (Å²) in [6, 6.07) is 5.68. The second kappa shape index (κ2) is 5.27. The van der Waals surface area contributed by atoms with Crippen molar-refractivity contribution in [3.8, 4) is 12.3 Å². The van der Waals surface area contributed by atoms with Crippen molar-refractivity contribution in [2.24, 2.45) is 5.92 Å². The van der Waals surface area contributed by atoms with E-state index < -0.39 is 0 Å². The molecule has 1 fully saturated rings. The lowest BCUT2D eigenvalue weighted by atomic mass is 9.97. The van der Waals surface area contributed by atoms with Crippen LogP contribution >= 0.6 is 0 Å². The maximum absolute atomic E-state index is 12.5. The monoisotopic (exact) mass is 241 g/mol. The third kappa shape index (κ3) is 2.41. The summed E-state index contributed by atoms with van der Waals surface area (Å²) in [7, 11) is 0. The van der Waals surface area contributed by atoms with Gasteiger partial charge < -0.3 is 4.90 Å². The molecule has 94 valence electrons. The predicted octanol–water partition coefficient (Wildman–Crippen LogP) is 2.85. The number of likely N-dealkylation sites (tertiary alicyclic amines) is 1. The number of carbonyl (C=O) groups is 1. The number of amides is 1. The Labute approximate surface area is 109 Å². The molecule has 0 spiro atoms. The average Bonchev–Trinajstić information content (AvgIpc) is 2.38. The van der Waals surface area contributed by atoms with Crippen molar-refractivity contribution in [3.05, 3.63) is 34.9 Å². The molecule has 1 amide bonds. The minimum Gasteiger partial charge on any atom is -0.339 e. The van der Waals surface area contributed by atoms with Crippen LogP contribution < -0.4 is 0 Å². The van der Waals surface area contributed by atoms with Gasteiger partial charge in [0, 0.05) is 18.7 Å². The Kier molecular flexibility index (Phi) is 3.72. The van der Waals surface area contributed by atoms with E-state index in [1.807, 2.05) is 30.0 Å². The summed E-state index contributed by atoms with van der Waals surface area (Å²) in [5, 5.41) is 0. The molecular weight excluding hydrogens is 222 g/mol. The van der Waals surface area contributed by atoms with Crippen LogP contribution in [0.5, 0.6) is 0 Å². The minimum absolute atomic E-state index is 0.0820. The molecule has 0 atom stereocenters. The molecule has 18 heavy (non-hydrogen) atoms. The van der Waals surface area contributed by atoms with E-state index in [-0.39, 0.29) is 5.91 Å². The van der Waals surface area contributed by atoms with Crippen molar-refractivity contribution in [2.45, 2.75) is 26.7 Å². The van der Waals surface area contributed by atoms with E-state index in [1.165, 1.54) is 0 Å². The van der Waals surface area contributed by atoms with Crippen LogP contribution in [0, 0.1) is 25.2 Å². The summed E-state index contributed by atoms with van der Waals surface area (Å²) < 4.78 is 0. The summed E-state index contributed by atoms with van der Waals surface area (Å²) in [5.74, 6) is 3.45. The van der Waals surface area contributed by atoms with E-state index in [9.17, 15) is 4.79 Å². The number of nitrogens with zero attached hydrogens (tertiary/aromatic N) is 1. The first-order valence-corrected chi connectivity index (χ1v) is 6.49. The number of aryl methyl sites for hydroxylation is 1. The number of rotatable bonds is 1. The molecule has 1 aromatic rings. The molecule has 2 heteroatoms. The Morgan fingerprint density at radius 1 is 1.39 bits per heavy atom. The van der Waals surface area contributed by atoms with Crippen LogP contribution in [-0.2, 0) is 0 Å². The van der Waals surface area contributed by atoms with Gasteiger partial charge in [-0.2, -0.15) is 0 Å². The fraction of sp³-hybridized carbons (Fsp3) is 0.438. The fourth-order valence-corrected chi connectivity index (χ4v) is 2.42. The minimum atomic E-state index is 0.0820. The highest BCUT2D eigenvalue weighted by molar-refractivity contribution is 5.97. The van der Waals surface area contributed by atoms with E-state index >= 15 is 0 Å². The van der Waals surface area contributed by atoms with E-state index in [0.717, 1.165) is 43.0 Å². The number of benzene rings is 1. The van der Waals surface area contributed by atoms with Gasteiger partial charge in [0.05, 0.1) is 5.56 Å². The topological polar surface area (TPSA) is 20.3 Å². The molecule has 1 saturated heterocycles. The number of hydrogen-bond acceptors (Lipinski definition) is 1. The fourth-order valence-electron chi connectivity index (χ4n) is 2.42. The molecule has 0 aliphatic carbocycles. The van der Waals surface area contributed by atoms with E-state index in [1.54, 1.807) is 0 Å². The average molecular weight is 241 g/mol. The highest BCUT2D eigenvalue weighted by Crippen LogP contribution is 2.20. The smallest absolute Gasteiger partial charge is 0.255 e. The van der Waals surface area contributed by atoms with Crippen molar-refractivity contribution in [2.75, 3.05) is 13.1 Å². The van der Waals surface area contributed by atoms with Crippen LogP contribution in [-0.4, -0.2) is 23.9 Å². The van der Waals surface area contributed by atoms with Gasteiger partial charge in [0.2, 0.25) is 0 Å². The van der Waals surface area contributed by atoms with E-state index in [0.29, 0.717) is 5.56 Å². The standard InChI is InChI=1S/C16H19NO/c1-4-14-13(3)6-5-7-15(14)16(18)17-10-8-12(2)9-11-17/h1,5-7,12H,8-11H2,2-3H3. The molecule has 1 aromatic carbocycles. The van der Waals surface area contributed by atoms with Gasteiger partial charge in [-0.05, 0) is 37.3 Å². The quantitative estimate of drug-likeness (QED) is 0.692. The lowest BCUT2D eigenvalue weighted by Gasteiger charge is -2.30. The van der Waals surface area contributed by atoms with Gasteiger partial charge >= 0.3 is 0 Å². The Bertz CT molecular complexity index is 490. The highest BCUT2D eigenvalue weighted by atomic mass is 16.2. The zero-order valence-electron chi connectivity index (χ0n) is 11.1. The summed E-state index contributed by atoms with van der Waals surface area (Å²) in [5.41, 5.74) is 2.40. The number of piperidine rings is 1. The third-order valence-corrected chi connectivity index (χ3v) is 3.72. The summed E-state index contributed by atoms with van der Waals surface area (Å²) >= 11 is 0. The van der Waals surface area contributed by atoms with Gasteiger partial charge in [0.1, 0.15) is 0 Å². The molecule has 0 unspecified atom stereocenters. The van der Waals surface area contributed by atoms with Gasteiger partial charge in [0.25, 0.3) is 5.91 Å². The second-order valence-electron chi connectivity index (χ2n) is 5.12. The van der Waals surface area contributed by atoms with Crippen molar-refractivity contribution in [1.29, 1.82) is 0 Å². The Hall–Kier alpha value is -1.75. The molecule has 0 saturated carbocycles. The Morgan fingerprint density at radius 3 is 2.67 bits per heavy atom. The van der Waals surface area contributed by atoms with Crippen LogP contribution in [0.2, 0.25) is 0 Å². The van der Waals surface area contributed by atoms with Crippen LogP contribution in [0.3, 0.4) is 0 Å². The maximum Gasteiger partial charge on any atom is 0.255 e. The van der Waals surface area contributed by atoms with E-state index in [4.69, 9.17) is 6.42 Å². The third-order valence-electron chi connectivity index (χ3n) is 3.72. The summed E-state index contributed by atoms with van der Waals surface area (Å²) in [6.45, 7) is 5.88. The Morgan fingerprint density at radius 2 is 2.06 bits per heavy atom. The lowest BCUT2D eigenvalue weighted by Crippen LogP contribution is -2.38. The predicted molar refractivity (Wildman–Crippen MR) is 73.4 cm³/mol. The second-order valence-corrected chi connectivity index (χ2v) is 5.12. The first-order valence-electron chi connectivity index (χ1n) is 6.49. The van der Waals surface area contributed by atoms with Gasteiger partial charge in [-0.3, -0.25) is 4.79 Å². The SMILES string of the molecule is C#Cc1c(C)cccc1C(=O)N1CCC(C)CC1. The molecule has 2 nitrogen and oxygen atoms in total. The molecule has 0 aromatic heterocycles. The van der Waals surface area contributed by atoms with Gasteiger partial charge in [-0.15, -0.1) is 6.42 Å². The molecule has 1 aliphatic heterocycles. The molecular formula is C16H19NO. The van der Waals surface area contributed by atoms with Crippen molar-refractivity contribution < 1.29 is 4.79 Å². The van der Waals surface area contributed by atoms with Crippen LogP contribution in [0.25, 0.3) is 0 Å². The van der Waals surface area contributed by atoms with Crippen molar-refractivity contribution >= 4 is 5.91 Å².